The summed E-state index contributed by atoms with van der Waals surface area (Å²) in [7, 11) is 1.50. The first-order valence-corrected chi connectivity index (χ1v) is 11.5. The number of nitrogens with two attached hydrogens (primary N) is 1. The number of ether oxygens (including phenoxy) is 1. The highest BCUT2D eigenvalue weighted by Crippen LogP contribution is 2.23. The first kappa shape index (κ1) is 25.9. The SMILES string of the molecule is C=CCN(CC(=O)N(CCOC)c1c(N)n(CCCC)c(=O)[nH]c1=O)Cc1ccc(Cl)s1. The molecule has 0 radical (unpaired) electrons. The van der Waals surface area contributed by atoms with Crippen molar-refractivity contribution in [1.29, 1.82) is 0 Å². The molecule has 0 unspecified atom stereocenters. The van der Waals surface area contributed by atoms with E-state index >= 15 is 0 Å². The van der Waals surface area contributed by atoms with Gasteiger partial charge in [0.25, 0.3) is 5.56 Å². The van der Waals surface area contributed by atoms with Gasteiger partial charge < -0.3 is 15.4 Å². The molecule has 0 bridgehead atoms. The quantitative estimate of drug-likeness (QED) is 0.422. The number of nitrogens with one attached hydrogen (secondary N) is 1. The van der Waals surface area contributed by atoms with Gasteiger partial charge in [-0.05, 0) is 18.6 Å². The van der Waals surface area contributed by atoms with Crippen molar-refractivity contribution in [2.75, 3.05) is 44.0 Å². The molecule has 2 rings (SSSR count). The second kappa shape index (κ2) is 12.6. The van der Waals surface area contributed by atoms with Gasteiger partial charge in [0.15, 0.2) is 5.69 Å². The molecule has 0 aliphatic rings. The van der Waals surface area contributed by atoms with Crippen LogP contribution in [0, 0.1) is 0 Å². The van der Waals surface area contributed by atoms with Crippen molar-refractivity contribution in [3.05, 3.63) is 54.8 Å². The number of nitrogens with zero attached hydrogens (tertiary/aromatic N) is 3. The zero-order valence-corrected chi connectivity index (χ0v) is 20.0. The fourth-order valence-corrected chi connectivity index (χ4v) is 4.35. The summed E-state index contributed by atoms with van der Waals surface area (Å²) >= 11 is 7.46. The van der Waals surface area contributed by atoms with Gasteiger partial charge in [0.2, 0.25) is 5.91 Å². The first-order valence-electron chi connectivity index (χ1n) is 10.3. The summed E-state index contributed by atoms with van der Waals surface area (Å²) in [4.78, 5) is 44.7. The lowest BCUT2D eigenvalue weighted by molar-refractivity contribution is -0.119. The van der Waals surface area contributed by atoms with E-state index in [0.29, 0.717) is 30.4 Å². The van der Waals surface area contributed by atoms with E-state index in [1.54, 1.807) is 12.1 Å². The minimum absolute atomic E-state index is 0.0121. The van der Waals surface area contributed by atoms with Crippen LogP contribution in [0.3, 0.4) is 0 Å². The molecule has 0 saturated carbocycles. The van der Waals surface area contributed by atoms with Crippen LogP contribution in [0.2, 0.25) is 4.34 Å². The molecule has 0 saturated heterocycles. The van der Waals surface area contributed by atoms with Gasteiger partial charge in [-0.1, -0.05) is 31.0 Å². The van der Waals surface area contributed by atoms with Crippen molar-refractivity contribution in [1.82, 2.24) is 14.5 Å². The average molecular weight is 484 g/mol. The molecular weight excluding hydrogens is 454 g/mol. The van der Waals surface area contributed by atoms with Crippen LogP contribution in [-0.4, -0.2) is 53.7 Å². The number of H-pyrrole nitrogens is 1. The Labute approximate surface area is 196 Å². The monoisotopic (exact) mass is 483 g/mol. The minimum Gasteiger partial charge on any atom is -0.383 e. The van der Waals surface area contributed by atoms with E-state index in [1.165, 1.54) is 27.9 Å². The molecule has 1 amide bonds. The third kappa shape index (κ3) is 6.80. The lowest BCUT2D eigenvalue weighted by Crippen LogP contribution is -2.46. The van der Waals surface area contributed by atoms with E-state index in [0.717, 1.165) is 11.3 Å². The van der Waals surface area contributed by atoms with Crippen LogP contribution in [0.4, 0.5) is 11.5 Å². The van der Waals surface area contributed by atoms with Gasteiger partial charge in [-0.25, -0.2) is 4.79 Å². The predicted octanol–water partition coefficient (Wildman–Crippen LogP) is 2.30. The summed E-state index contributed by atoms with van der Waals surface area (Å²) in [6.07, 6.45) is 3.25. The van der Waals surface area contributed by atoms with Crippen molar-refractivity contribution in [3.63, 3.8) is 0 Å². The second-order valence-electron chi connectivity index (χ2n) is 7.20. The van der Waals surface area contributed by atoms with E-state index < -0.39 is 11.2 Å². The van der Waals surface area contributed by atoms with Crippen molar-refractivity contribution in [2.24, 2.45) is 0 Å². The number of hydrogen-bond donors (Lipinski definition) is 2. The molecule has 176 valence electrons. The van der Waals surface area contributed by atoms with Crippen molar-refractivity contribution in [3.8, 4) is 0 Å². The highest BCUT2D eigenvalue weighted by Gasteiger charge is 2.25. The van der Waals surface area contributed by atoms with Gasteiger partial charge in [-0.2, -0.15) is 0 Å². The number of carbonyl (C=O) groups excluding carboxylic acids is 1. The van der Waals surface area contributed by atoms with Crippen LogP contribution in [0.25, 0.3) is 0 Å². The molecule has 11 heteroatoms. The maximum absolute atomic E-state index is 13.3. The maximum atomic E-state index is 13.3. The summed E-state index contributed by atoms with van der Waals surface area (Å²) in [6.45, 7) is 7.37. The van der Waals surface area contributed by atoms with Gasteiger partial charge in [0.05, 0.1) is 17.5 Å². The number of aromatic amines is 1. The van der Waals surface area contributed by atoms with Crippen LogP contribution in [0.5, 0.6) is 0 Å². The van der Waals surface area contributed by atoms with Crippen molar-refractivity contribution < 1.29 is 9.53 Å². The average Bonchev–Trinajstić information content (AvgIpc) is 3.14. The number of amides is 1. The Morgan fingerprint density at radius 3 is 2.75 bits per heavy atom. The Balaban J connectivity index is 2.37. The summed E-state index contributed by atoms with van der Waals surface area (Å²) in [6, 6.07) is 3.71. The Morgan fingerprint density at radius 2 is 2.16 bits per heavy atom. The molecule has 3 N–H and O–H groups in total. The third-order valence-electron chi connectivity index (χ3n) is 4.79. The van der Waals surface area contributed by atoms with E-state index in [4.69, 9.17) is 22.1 Å². The van der Waals surface area contributed by atoms with Crippen LogP contribution >= 0.6 is 22.9 Å². The van der Waals surface area contributed by atoms with Crippen molar-refractivity contribution in [2.45, 2.75) is 32.9 Å². The van der Waals surface area contributed by atoms with Crippen LogP contribution in [0.15, 0.2) is 34.4 Å². The molecule has 0 aliphatic carbocycles. The number of halogens is 1. The van der Waals surface area contributed by atoms with E-state index in [2.05, 4.69) is 11.6 Å². The smallest absolute Gasteiger partial charge is 0.330 e. The number of carbonyl (C=O) groups is 1. The van der Waals surface area contributed by atoms with Crippen LogP contribution in [0.1, 0.15) is 24.6 Å². The Bertz CT molecular complexity index is 1030. The van der Waals surface area contributed by atoms with E-state index in [1.807, 2.05) is 17.9 Å². The fourth-order valence-electron chi connectivity index (χ4n) is 3.22. The van der Waals surface area contributed by atoms with Crippen LogP contribution < -0.4 is 21.9 Å². The topological polar surface area (TPSA) is 114 Å². The molecule has 0 aliphatic heterocycles. The zero-order chi connectivity index (χ0) is 23.7. The second-order valence-corrected chi connectivity index (χ2v) is 9.00. The maximum Gasteiger partial charge on any atom is 0.330 e. The van der Waals surface area contributed by atoms with Gasteiger partial charge in [0, 0.05) is 38.2 Å². The highest BCUT2D eigenvalue weighted by atomic mass is 35.5. The van der Waals surface area contributed by atoms with Crippen LogP contribution in [-0.2, 0) is 22.6 Å². The normalized spacial score (nSPS) is 11.1. The molecular formula is C21H30ClN5O4S. The van der Waals surface area contributed by atoms with Gasteiger partial charge >= 0.3 is 5.69 Å². The Kier molecular flexibility index (Phi) is 10.2. The number of thiophene rings is 1. The van der Waals surface area contributed by atoms with E-state index in [9.17, 15) is 14.4 Å². The largest absolute Gasteiger partial charge is 0.383 e. The number of unbranched alkanes of at least 4 members (excludes halogenated alkanes) is 1. The number of nitrogen functional groups attached to an aromatic ring is 1. The number of aromatic nitrogens is 2. The number of hydrogen-bond acceptors (Lipinski definition) is 7. The lowest BCUT2D eigenvalue weighted by atomic mass is 10.3. The Hall–Kier alpha value is -2.40. The zero-order valence-electron chi connectivity index (χ0n) is 18.4. The molecule has 0 aromatic carbocycles. The summed E-state index contributed by atoms with van der Waals surface area (Å²) in [5.41, 5.74) is 4.88. The molecule has 2 heterocycles. The van der Waals surface area contributed by atoms with Gasteiger partial charge in [-0.3, -0.25) is 24.0 Å². The number of rotatable bonds is 13. The lowest BCUT2D eigenvalue weighted by Gasteiger charge is -2.27. The van der Waals surface area contributed by atoms with E-state index in [-0.39, 0.29) is 37.1 Å². The summed E-state index contributed by atoms with van der Waals surface area (Å²) in [5, 5.41) is 0. The third-order valence-corrected chi connectivity index (χ3v) is 6.01. The highest BCUT2D eigenvalue weighted by molar-refractivity contribution is 7.16. The molecule has 0 atom stereocenters. The summed E-state index contributed by atoms with van der Waals surface area (Å²) < 4.78 is 7.10. The molecule has 2 aromatic heterocycles. The first-order chi connectivity index (χ1) is 15.3. The number of anilines is 2. The molecule has 2 aromatic rings. The fraction of sp³-hybridized carbons (Fsp3) is 0.476. The van der Waals surface area contributed by atoms with Gasteiger partial charge in [0.1, 0.15) is 5.82 Å². The molecule has 9 nitrogen and oxygen atoms in total. The minimum atomic E-state index is -0.704. The number of methoxy groups -OCH3 is 1. The standard InChI is InChI=1S/C21H30ClN5O4S/c1-4-6-10-27-19(23)18(20(29)24-21(27)30)26(11-12-31-3)17(28)14-25(9-5-2)13-15-7-8-16(22)32-15/h5,7-8H,2,4,6,9-14,23H2,1,3H3,(H,24,29,30). The Morgan fingerprint density at radius 1 is 1.41 bits per heavy atom. The molecule has 0 spiro atoms. The molecule has 32 heavy (non-hydrogen) atoms. The summed E-state index contributed by atoms with van der Waals surface area (Å²) in [5.74, 6) is -0.374. The molecule has 0 fully saturated rings. The predicted molar refractivity (Wildman–Crippen MR) is 130 cm³/mol. The van der Waals surface area contributed by atoms with Gasteiger partial charge in [-0.15, -0.1) is 17.9 Å². The van der Waals surface area contributed by atoms with Crippen molar-refractivity contribution >= 4 is 40.4 Å².